The Balaban J connectivity index is 2.43. The second-order valence-electron chi connectivity index (χ2n) is 3.48. The molecule has 2 rings (SSSR count). The first-order chi connectivity index (χ1) is 7.68. The van der Waals surface area contributed by atoms with Crippen molar-refractivity contribution in [1.82, 2.24) is 9.78 Å². The third-order valence-electron chi connectivity index (χ3n) is 2.33. The lowest BCUT2D eigenvalue weighted by Gasteiger charge is -2.06. The predicted octanol–water partition coefficient (Wildman–Crippen LogP) is 1.93. The Morgan fingerprint density at radius 3 is 2.69 bits per heavy atom. The van der Waals surface area contributed by atoms with E-state index in [1.807, 2.05) is 30.3 Å². The number of alkyl halides is 1. The molecule has 2 aromatic rings. The van der Waals surface area contributed by atoms with Gasteiger partial charge in [-0.1, -0.05) is 30.3 Å². The number of aliphatic hydroxyl groups excluding tert-OH is 1. The zero-order chi connectivity index (χ0) is 11.5. The van der Waals surface area contributed by atoms with Gasteiger partial charge in [-0.3, -0.25) is 4.68 Å². The predicted molar refractivity (Wildman–Crippen MR) is 59.2 cm³/mol. The van der Waals surface area contributed by atoms with Crippen LogP contribution in [0.25, 0.3) is 11.3 Å². The Labute approximate surface area is 93.2 Å². The molecule has 0 bridgehead atoms. The fourth-order valence-corrected chi connectivity index (χ4v) is 1.67. The zero-order valence-corrected chi connectivity index (χ0v) is 8.84. The van der Waals surface area contributed by atoms with E-state index in [9.17, 15) is 4.39 Å². The first-order valence-corrected chi connectivity index (χ1v) is 4.93. The summed E-state index contributed by atoms with van der Waals surface area (Å²) in [5.74, 6) is 0. The van der Waals surface area contributed by atoms with E-state index in [-0.39, 0.29) is 0 Å². The number of nitrogens with zero attached hydrogens (tertiary/aromatic N) is 2. The average Bonchev–Trinajstić information content (AvgIpc) is 2.60. The number of benzene rings is 1. The fraction of sp³-hybridized carbons (Fsp3) is 0.167. The van der Waals surface area contributed by atoms with E-state index in [0.717, 1.165) is 17.7 Å². The number of aryl methyl sites for hydroxylation is 1. The molecule has 16 heavy (non-hydrogen) atoms. The zero-order valence-electron chi connectivity index (χ0n) is 8.84. The summed E-state index contributed by atoms with van der Waals surface area (Å²) in [6.07, 6.45) is 0.701. The van der Waals surface area contributed by atoms with Crippen molar-refractivity contribution in [2.24, 2.45) is 7.05 Å². The lowest BCUT2D eigenvalue weighted by molar-refractivity contribution is 0.0760. The van der Waals surface area contributed by atoms with Crippen LogP contribution in [-0.4, -0.2) is 21.2 Å². The fourth-order valence-electron chi connectivity index (χ4n) is 1.67. The van der Waals surface area contributed by atoms with Crippen LogP contribution in [0.3, 0.4) is 0 Å². The molecular weight excluding hydrogens is 207 g/mol. The summed E-state index contributed by atoms with van der Waals surface area (Å²) >= 11 is 0. The normalized spacial score (nSPS) is 12.7. The SMILES string of the molecule is Cn1ncc([CH]C(O)F)c1-c1ccccc1. The van der Waals surface area contributed by atoms with Crippen molar-refractivity contribution >= 4 is 0 Å². The lowest BCUT2D eigenvalue weighted by atomic mass is 10.1. The summed E-state index contributed by atoms with van der Waals surface area (Å²) in [5.41, 5.74) is 2.32. The van der Waals surface area contributed by atoms with Crippen molar-refractivity contribution in [3.05, 3.63) is 48.5 Å². The minimum Gasteiger partial charge on any atom is -0.364 e. The summed E-state index contributed by atoms with van der Waals surface area (Å²) in [6, 6.07) is 9.54. The largest absolute Gasteiger partial charge is 0.364 e. The topological polar surface area (TPSA) is 38.0 Å². The van der Waals surface area contributed by atoms with Gasteiger partial charge in [0.15, 0.2) is 0 Å². The Kier molecular flexibility index (Phi) is 3.01. The van der Waals surface area contributed by atoms with Crippen molar-refractivity contribution in [2.75, 3.05) is 0 Å². The van der Waals surface area contributed by atoms with Gasteiger partial charge in [0.05, 0.1) is 18.3 Å². The van der Waals surface area contributed by atoms with E-state index < -0.39 is 6.36 Å². The molecule has 0 saturated carbocycles. The maximum atomic E-state index is 12.6. The van der Waals surface area contributed by atoms with Crippen LogP contribution >= 0.6 is 0 Å². The molecule has 1 aromatic heterocycles. The Morgan fingerprint density at radius 2 is 2.06 bits per heavy atom. The molecule has 83 valence electrons. The van der Waals surface area contributed by atoms with Gasteiger partial charge < -0.3 is 5.11 Å². The van der Waals surface area contributed by atoms with Crippen LogP contribution in [0.4, 0.5) is 4.39 Å². The highest BCUT2D eigenvalue weighted by Crippen LogP contribution is 2.24. The maximum Gasteiger partial charge on any atom is 0.204 e. The van der Waals surface area contributed by atoms with E-state index in [1.54, 1.807) is 11.7 Å². The van der Waals surface area contributed by atoms with E-state index in [2.05, 4.69) is 5.10 Å². The van der Waals surface area contributed by atoms with Crippen LogP contribution in [0.2, 0.25) is 0 Å². The molecule has 4 heteroatoms. The van der Waals surface area contributed by atoms with Gasteiger partial charge in [0.1, 0.15) is 0 Å². The standard InChI is InChI=1S/C12H12FN2O/c1-15-12(9-5-3-2-4-6-9)10(8-14-15)7-11(13)16/h2-8,11,16H,1H3. The Morgan fingerprint density at radius 1 is 1.38 bits per heavy atom. The van der Waals surface area contributed by atoms with Crippen molar-refractivity contribution in [1.29, 1.82) is 0 Å². The van der Waals surface area contributed by atoms with Gasteiger partial charge in [0.2, 0.25) is 6.36 Å². The molecule has 0 aliphatic carbocycles. The number of aromatic nitrogens is 2. The molecule has 0 aliphatic rings. The summed E-state index contributed by atoms with van der Waals surface area (Å²) in [6.45, 7) is 0. The minimum absolute atomic E-state index is 0.587. The number of hydrogen-bond acceptors (Lipinski definition) is 2. The van der Waals surface area contributed by atoms with Gasteiger partial charge in [0.25, 0.3) is 0 Å². The number of rotatable bonds is 3. The monoisotopic (exact) mass is 219 g/mol. The lowest BCUT2D eigenvalue weighted by Crippen LogP contribution is -2.01. The van der Waals surface area contributed by atoms with Crippen LogP contribution in [0.15, 0.2) is 36.5 Å². The molecule has 0 aliphatic heterocycles. The quantitative estimate of drug-likeness (QED) is 0.856. The molecular formula is C12H12FN2O. The number of halogens is 1. The highest BCUT2D eigenvalue weighted by Gasteiger charge is 2.13. The van der Waals surface area contributed by atoms with Crippen LogP contribution in [-0.2, 0) is 7.05 Å². The third kappa shape index (κ3) is 2.12. The van der Waals surface area contributed by atoms with Gasteiger partial charge in [-0.15, -0.1) is 0 Å². The van der Waals surface area contributed by atoms with Gasteiger partial charge in [-0.25, -0.2) is 4.39 Å². The average molecular weight is 219 g/mol. The van der Waals surface area contributed by atoms with Gasteiger partial charge >= 0.3 is 0 Å². The van der Waals surface area contributed by atoms with Crippen LogP contribution < -0.4 is 0 Å². The Bertz CT molecular complexity index is 465. The molecule has 1 unspecified atom stereocenters. The third-order valence-corrected chi connectivity index (χ3v) is 2.33. The second-order valence-corrected chi connectivity index (χ2v) is 3.48. The molecule has 1 N–H and O–H groups in total. The van der Waals surface area contributed by atoms with Gasteiger partial charge in [-0.2, -0.15) is 5.10 Å². The van der Waals surface area contributed by atoms with Crippen molar-refractivity contribution < 1.29 is 9.50 Å². The molecule has 0 saturated heterocycles. The smallest absolute Gasteiger partial charge is 0.204 e. The van der Waals surface area contributed by atoms with E-state index >= 15 is 0 Å². The number of hydrogen-bond donors (Lipinski definition) is 1. The molecule has 0 fully saturated rings. The van der Waals surface area contributed by atoms with E-state index in [0.29, 0.717) is 5.56 Å². The van der Waals surface area contributed by atoms with E-state index in [4.69, 9.17) is 5.11 Å². The molecule has 1 atom stereocenters. The molecule has 1 aromatic carbocycles. The first-order valence-electron chi connectivity index (χ1n) is 4.93. The van der Waals surface area contributed by atoms with Crippen molar-refractivity contribution in [2.45, 2.75) is 6.36 Å². The molecule has 0 amide bonds. The highest BCUT2D eigenvalue weighted by molar-refractivity contribution is 5.64. The van der Waals surface area contributed by atoms with Crippen molar-refractivity contribution in [3.63, 3.8) is 0 Å². The first kappa shape index (κ1) is 10.8. The Hall–Kier alpha value is -1.68. The molecule has 0 spiro atoms. The summed E-state index contributed by atoms with van der Waals surface area (Å²) in [7, 11) is 1.78. The van der Waals surface area contributed by atoms with Crippen molar-refractivity contribution in [3.8, 4) is 11.3 Å². The molecule has 1 heterocycles. The van der Waals surface area contributed by atoms with Gasteiger partial charge in [0, 0.05) is 18.2 Å². The summed E-state index contributed by atoms with van der Waals surface area (Å²) in [4.78, 5) is 0. The molecule has 1 radical (unpaired) electrons. The summed E-state index contributed by atoms with van der Waals surface area (Å²) in [5, 5.41) is 12.8. The van der Waals surface area contributed by atoms with Crippen LogP contribution in [0.5, 0.6) is 0 Å². The number of aliphatic hydroxyl groups is 1. The highest BCUT2D eigenvalue weighted by atomic mass is 19.1. The van der Waals surface area contributed by atoms with E-state index in [1.165, 1.54) is 6.20 Å². The summed E-state index contributed by atoms with van der Waals surface area (Å²) < 4.78 is 14.2. The molecule has 3 nitrogen and oxygen atoms in total. The van der Waals surface area contributed by atoms with Gasteiger partial charge in [-0.05, 0) is 0 Å². The van der Waals surface area contributed by atoms with Crippen LogP contribution in [0, 0.1) is 6.42 Å². The van der Waals surface area contributed by atoms with Crippen LogP contribution in [0.1, 0.15) is 5.56 Å². The minimum atomic E-state index is -1.97. The maximum absolute atomic E-state index is 12.6. The second kappa shape index (κ2) is 4.45.